The Morgan fingerprint density at radius 3 is 2.54 bits per heavy atom. The molecule has 0 aromatic heterocycles. The molecule has 0 heterocycles. The highest BCUT2D eigenvalue weighted by atomic mass is 127. The van der Waals surface area contributed by atoms with Gasteiger partial charge in [-0.05, 0) is 70.2 Å². The normalized spacial score (nSPS) is 13.7. The Morgan fingerprint density at radius 2 is 1.96 bits per heavy atom. The van der Waals surface area contributed by atoms with Gasteiger partial charge in [0.05, 0.1) is 3.57 Å². The van der Waals surface area contributed by atoms with Crippen LogP contribution in [0.15, 0.2) is 24.3 Å². The van der Waals surface area contributed by atoms with Crippen LogP contribution in [-0.2, 0) is 11.0 Å². The van der Waals surface area contributed by atoms with Crippen molar-refractivity contribution in [1.82, 2.24) is 0 Å². The molecule has 0 bridgehead atoms. The molecule has 7 heteroatoms. The molecule has 1 unspecified atom stereocenters. The van der Waals surface area contributed by atoms with E-state index in [2.05, 4.69) is 22.6 Å². The number of phenolic OH excluding ortho intramolecular Hbond substituents is 1. The molecule has 2 aromatic rings. The summed E-state index contributed by atoms with van der Waals surface area (Å²) in [6.07, 6.45) is 0.390. The lowest BCUT2D eigenvalue weighted by molar-refractivity contribution is 0.350. The van der Waals surface area contributed by atoms with Crippen LogP contribution in [-0.4, -0.2) is 23.0 Å². The topological polar surface area (TPSA) is 66.8 Å². The molecule has 0 amide bonds. The van der Waals surface area contributed by atoms with Gasteiger partial charge in [-0.3, -0.25) is 4.57 Å². The van der Waals surface area contributed by atoms with Crippen LogP contribution in [0.2, 0.25) is 5.02 Å². The van der Waals surface area contributed by atoms with Gasteiger partial charge in [-0.15, -0.1) is 0 Å². The fourth-order valence-electron chi connectivity index (χ4n) is 2.65. The molecule has 1 atom stereocenters. The minimum atomic E-state index is -3.26. The van der Waals surface area contributed by atoms with E-state index in [4.69, 9.17) is 16.3 Å². The van der Waals surface area contributed by atoms with Crippen molar-refractivity contribution in [2.24, 2.45) is 0 Å². The molecule has 2 rings (SSSR count). The van der Waals surface area contributed by atoms with E-state index in [1.54, 1.807) is 12.1 Å². The molecule has 0 aliphatic rings. The number of ether oxygens (including phenoxy) is 1. The zero-order valence-electron chi connectivity index (χ0n) is 15.2. The first-order chi connectivity index (χ1) is 12.0. The molecule has 0 aliphatic carbocycles. The molecular weight excluding hydrogens is 486 g/mol. The monoisotopic (exact) mass is 508 g/mol. The average molecular weight is 509 g/mol. The summed E-state index contributed by atoms with van der Waals surface area (Å²) in [7, 11) is -3.26. The second-order valence-electron chi connectivity index (χ2n) is 6.82. The van der Waals surface area contributed by atoms with Gasteiger partial charge < -0.3 is 14.7 Å². The zero-order valence-corrected chi connectivity index (χ0v) is 19.0. The fourth-order valence-corrected chi connectivity index (χ4v) is 3.98. The maximum atomic E-state index is 11.5. The van der Waals surface area contributed by atoms with Crippen LogP contribution in [0, 0.1) is 10.5 Å². The molecule has 0 aliphatic heterocycles. The van der Waals surface area contributed by atoms with Gasteiger partial charge in [-0.25, -0.2) is 0 Å². The Bertz CT molecular complexity index is 861. The summed E-state index contributed by atoms with van der Waals surface area (Å²) in [4.78, 5) is 9.43. The van der Waals surface area contributed by atoms with E-state index in [1.165, 1.54) is 6.66 Å². The van der Waals surface area contributed by atoms with Gasteiger partial charge >= 0.3 is 0 Å². The smallest absolute Gasteiger partial charge is 0.233 e. The number of rotatable bonds is 6. The van der Waals surface area contributed by atoms with Crippen LogP contribution >= 0.6 is 41.6 Å². The summed E-state index contributed by atoms with van der Waals surface area (Å²) in [6.45, 7) is 7.31. The Balaban J connectivity index is 2.35. The average Bonchev–Trinajstić information content (AvgIpc) is 2.54. The van der Waals surface area contributed by atoms with Gasteiger partial charge in [0.1, 0.15) is 11.5 Å². The molecule has 4 nitrogen and oxygen atoms in total. The minimum Gasteiger partial charge on any atom is -0.508 e. The van der Waals surface area contributed by atoms with Crippen LogP contribution in [0.25, 0.3) is 0 Å². The van der Waals surface area contributed by atoms with Gasteiger partial charge in [0.25, 0.3) is 0 Å². The van der Waals surface area contributed by atoms with Crippen molar-refractivity contribution in [3.05, 3.63) is 55.1 Å². The van der Waals surface area contributed by atoms with Crippen molar-refractivity contribution >= 4 is 41.6 Å². The molecule has 26 heavy (non-hydrogen) atoms. The first-order valence-electron chi connectivity index (χ1n) is 8.21. The highest BCUT2D eigenvalue weighted by Crippen LogP contribution is 2.39. The number of aromatic hydroxyl groups is 1. The highest BCUT2D eigenvalue weighted by molar-refractivity contribution is 14.1. The van der Waals surface area contributed by atoms with E-state index in [0.717, 1.165) is 25.8 Å². The second kappa shape index (κ2) is 8.51. The van der Waals surface area contributed by atoms with Crippen LogP contribution in [0.3, 0.4) is 0 Å². The molecule has 2 aromatic carbocycles. The first kappa shape index (κ1) is 21.5. The lowest BCUT2D eigenvalue weighted by Gasteiger charge is -2.17. The summed E-state index contributed by atoms with van der Waals surface area (Å²) >= 11 is 8.65. The van der Waals surface area contributed by atoms with Crippen LogP contribution in [0.1, 0.15) is 42.0 Å². The van der Waals surface area contributed by atoms with Gasteiger partial charge in [-0.2, -0.15) is 0 Å². The van der Waals surface area contributed by atoms with Crippen molar-refractivity contribution in [3.8, 4) is 11.5 Å². The third kappa shape index (κ3) is 5.38. The van der Waals surface area contributed by atoms with E-state index in [9.17, 15) is 14.6 Å². The predicted molar refractivity (Wildman–Crippen MR) is 115 cm³/mol. The number of hydrogen-bond donors (Lipinski definition) is 2. The SMILES string of the molecule is Cc1c(I)c(OCP(C)(=O)O)cc(Cl)c1Cc1ccc(O)c(C(C)C)c1. The highest BCUT2D eigenvalue weighted by Gasteiger charge is 2.18. The number of hydrogen-bond acceptors (Lipinski definition) is 3. The van der Waals surface area contributed by atoms with Crippen LogP contribution < -0.4 is 4.74 Å². The Labute approximate surface area is 173 Å². The zero-order chi connectivity index (χ0) is 19.6. The third-order valence-electron chi connectivity index (χ3n) is 4.10. The largest absolute Gasteiger partial charge is 0.508 e. The number of halogens is 2. The van der Waals surface area contributed by atoms with E-state index >= 15 is 0 Å². The number of phenols is 1. The van der Waals surface area contributed by atoms with Crippen molar-refractivity contribution in [2.75, 3.05) is 13.0 Å². The first-order valence-corrected chi connectivity index (χ1v) is 12.0. The van der Waals surface area contributed by atoms with Crippen molar-refractivity contribution in [1.29, 1.82) is 0 Å². The summed E-state index contributed by atoms with van der Waals surface area (Å²) in [5, 5.41) is 10.6. The molecule has 2 N–H and O–H groups in total. The maximum Gasteiger partial charge on any atom is 0.233 e. The van der Waals surface area contributed by atoms with Crippen LogP contribution in [0.4, 0.5) is 0 Å². The molecule has 0 saturated heterocycles. The molecule has 142 valence electrons. The Hall–Kier alpha value is -0.750. The van der Waals surface area contributed by atoms with E-state index < -0.39 is 7.37 Å². The Kier molecular flexibility index (Phi) is 7.05. The van der Waals surface area contributed by atoms with Gasteiger partial charge in [-0.1, -0.05) is 37.6 Å². The van der Waals surface area contributed by atoms with Gasteiger partial charge in [0, 0.05) is 17.8 Å². The van der Waals surface area contributed by atoms with Gasteiger partial charge in [0.15, 0.2) is 6.35 Å². The number of benzene rings is 2. The van der Waals surface area contributed by atoms with Crippen molar-refractivity contribution < 1.29 is 19.3 Å². The summed E-state index contributed by atoms with van der Waals surface area (Å²) in [6, 6.07) is 7.32. The standard InChI is InChI=1S/C19H23ClIO4P/c1-11(2)14-7-13(5-6-17(14)22)8-15-12(3)19(21)18(9-16(15)20)25-10-26(4,23)24/h5-7,9,11,22H,8,10H2,1-4H3,(H,23,24). The molecular formula is C19H23ClIO4P. The fraction of sp³-hybridized carbons (Fsp3) is 0.368. The van der Waals surface area contributed by atoms with Crippen LogP contribution in [0.5, 0.6) is 11.5 Å². The predicted octanol–water partition coefficient (Wildman–Crippen LogP) is 5.91. The summed E-state index contributed by atoms with van der Waals surface area (Å²) < 4.78 is 17.8. The lowest BCUT2D eigenvalue weighted by Crippen LogP contribution is -2.03. The molecule has 0 radical (unpaired) electrons. The third-order valence-corrected chi connectivity index (χ3v) is 6.38. The molecule has 0 fully saturated rings. The maximum absolute atomic E-state index is 11.5. The Morgan fingerprint density at radius 1 is 1.31 bits per heavy atom. The lowest BCUT2D eigenvalue weighted by atomic mass is 9.95. The van der Waals surface area contributed by atoms with Crippen molar-refractivity contribution in [2.45, 2.75) is 33.1 Å². The van der Waals surface area contributed by atoms with Gasteiger partial charge in [0.2, 0.25) is 7.37 Å². The molecule has 0 saturated carbocycles. The van der Waals surface area contributed by atoms with Crippen molar-refractivity contribution in [3.63, 3.8) is 0 Å². The van der Waals surface area contributed by atoms with E-state index in [0.29, 0.717) is 22.9 Å². The quantitative estimate of drug-likeness (QED) is 0.376. The minimum absolute atomic E-state index is 0.227. The van der Waals surface area contributed by atoms with E-state index in [-0.39, 0.29) is 12.3 Å². The molecule has 0 spiro atoms. The summed E-state index contributed by atoms with van der Waals surface area (Å²) in [5.41, 5.74) is 3.94. The summed E-state index contributed by atoms with van der Waals surface area (Å²) in [5.74, 6) is 1.05. The van der Waals surface area contributed by atoms with E-state index in [1.807, 2.05) is 32.9 Å². The second-order valence-corrected chi connectivity index (χ2v) is 10.7.